The summed E-state index contributed by atoms with van der Waals surface area (Å²) in [6.07, 6.45) is 1.67. The fraction of sp³-hybridized carbons (Fsp3) is 0.588. The highest BCUT2D eigenvalue weighted by Gasteiger charge is 2.25. The highest BCUT2D eigenvalue weighted by molar-refractivity contribution is 5.77. The predicted octanol–water partition coefficient (Wildman–Crippen LogP) is 2.68. The molecule has 4 heteroatoms. The van der Waals surface area contributed by atoms with Gasteiger partial charge in [-0.15, -0.1) is 0 Å². The minimum atomic E-state index is -0.445. The first-order chi connectivity index (χ1) is 10.00. The van der Waals surface area contributed by atoms with E-state index in [4.69, 9.17) is 9.84 Å². The van der Waals surface area contributed by atoms with Crippen molar-refractivity contribution in [3.8, 4) is 0 Å². The standard InChI is InChI=1S/C17H27NO3/c1-4-21-16(20)15(14-9-6-5-7-10-14)18-13-17(2,3)11-8-12-19/h5-7,9-10,15,18-19H,4,8,11-13H2,1-3H3. The molecule has 1 aromatic carbocycles. The molecule has 118 valence electrons. The molecule has 0 radical (unpaired) electrons. The number of hydrogen-bond acceptors (Lipinski definition) is 4. The normalized spacial score (nSPS) is 13.0. The summed E-state index contributed by atoms with van der Waals surface area (Å²) in [5.74, 6) is -0.248. The van der Waals surface area contributed by atoms with E-state index in [0.29, 0.717) is 13.2 Å². The van der Waals surface area contributed by atoms with Crippen LogP contribution in [0.4, 0.5) is 0 Å². The summed E-state index contributed by atoms with van der Waals surface area (Å²) in [5, 5.41) is 12.3. The monoisotopic (exact) mass is 293 g/mol. The molecular weight excluding hydrogens is 266 g/mol. The van der Waals surface area contributed by atoms with Gasteiger partial charge in [0.1, 0.15) is 6.04 Å². The second kappa shape index (κ2) is 8.80. The maximum atomic E-state index is 12.1. The van der Waals surface area contributed by atoms with Gasteiger partial charge in [0.2, 0.25) is 0 Å². The summed E-state index contributed by atoms with van der Waals surface area (Å²) in [6.45, 7) is 7.32. The topological polar surface area (TPSA) is 58.6 Å². The maximum absolute atomic E-state index is 12.1. The fourth-order valence-electron chi connectivity index (χ4n) is 2.23. The molecule has 0 aliphatic heterocycles. The number of esters is 1. The van der Waals surface area contributed by atoms with E-state index in [9.17, 15) is 4.79 Å². The molecule has 4 nitrogen and oxygen atoms in total. The number of rotatable bonds is 9. The Kier molecular flexibility index (Phi) is 7.40. The Morgan fingerprint density at radius 1 is 1.33 bits per heavy atom. The molecule has 21 heavy (non-hydrogen) atoms. The van der Waals surface area contributed by atoms with Crippen molar-refractivity contribution < 1.29 is 14.6 Å². The molecule has 0 spiro atoms. The molecule has 2 N–H and O–H groups in total. The second-order valence-corrected chi connectivity index (χ2v) is 5.97. The average Bonchev–Trinajstić information content (AvgIpc) is 2.47. The van der Waals surface area contributed by atoms with Crippen molar-refractivity contribution in [2.75, 3.05) is 19.8 Å². The average molecular weight is 293 g/mol. The molecular formula is C17H27NO3. The molecule has 1 atom stereocenters. The van der Waals surface area contributed by atoms with Crippen LogP contribution in [0, 0.1) is 5.41 Å². The van der Waals surface area contributed by atoms with Crippen LogP contribution < -0.4 is 5.32 Å². The van der Waals surface area contributed by atoms with Crippen molar-refractivity contribution in [2.45, 2.75) is 39.7 Å². The lowest BCUT2D eigenvalue weighted by atomic mass is 9.87. The van der Waals surface area contributed by atoms with Crippen LogP contribution >= 0.6 is 0 Å². The third-order valence-electron chi connectivity index (χ3n) is 3.45. The molecule has 0 aromatic heterocycles. The maximum Gasteiger partial charge on any atom is 0.327 e. The Labute approximate surface area is 127 Å². The summed E-state index contributed by atoms with van der Waals surface area (Å²) < 4.78 is 5.16. The highest BCUT2D eigenvalue weighted by atomic mass is 16.5. The first-order valence-corrected chi connectivity index (χ1v) is 7.56. The highest BCUT2D eigenvalue weighted by Crippen LogP contribution is 2.23. The van der Waals surface area contributed by atoms with E-state index in [1.54, 1.807) is 0 Å². The number of nitrogens with one attached hydrogen (secondary N) is 1. The van der Waals surface area contributed by atoms with E-state index >= 15 is 0 Å². The number of ether oxygens (including phenoxy) is 1. The Bertz CT molecular complexity index is 417. The first kappa shape index (κ1) is 17.7. The Morgan fingerprint density at radius 3 is 2.57 bits per heavy atom. The van der Waals surface area contributed by atoms with E-state index < -0.39 is 6.04 Å². The van der Waals surface area contributed by atoms with Crippen molar-refractivity contribution in [3.63, 3.8) is 0 Å². The van der Waals surface area contributed by atoms with E-state index in [1.807, 2.05) is 37.3 Å². The molecule has 0 amide bonds. The molecule has 1 aromatic rings. The molecule has 1 unspecified atom stereocenters. The van der Waals surface area contributed by atoms with Crippen LogP contribution in [0.25, 0.3) is 0 Å². The molecule has 0 heterocycles. The van der Waals surface area contributed by atoms with E-state index in [0.717, 1.165) is 18.4 Å². The number of aliphatic hydroxyl groups excluding tert-OH is 1. The van der Waals surface area contributed by atoms with Gasteiger partial charge in [0, 0.05) is 13.2 Å². The summed E-state index contributed by atoms with van der Waals surface area (Å²) in [7, 11) is 0. The van der Waals surface area contributed by atoms with Gasteiger partial charge < -0.3 is 15.2 Å². The van der Waals surface area contributed by atoms with Crippen LogP contribution in [-0.2, 0) is 9.53 Å². The minimum Gasteiger partial charge on any atom is -0.465 e. The van der Waals surface area contributed by atoms with Gasteiger partial charge >= 0.3 is 5.97 Å². The second-order valence-electron chi connectivity index (χ2n) is 5.97. The van der Waals surface area contributed by atoms with Crippen molar-refractivity contribution in [1.82, 2.24) is 5.32 Å². The lowest BCUT2D eigenvalue weighted by molar-refractivity contribution is -0.146. The number of aliphatic hydroxyl groups is 1. The van der Waals surface area contributed by atoms with Crippen LogP contribution in [0.5, 0.6) is 0 Å². The summed E-state index contributed by atoms with van der Waals surface area (Å²) in [5.41, 5.74) is 0.927. The van der Waals surface area contributed by atoms with Crippen molar-refractivity contribution in [1.29, 1.82) is 0 Å². The van der Waals surface area contributed by atoms with Crippen LogP contribution in [0.1, 0.15) is 45.2 Å². The van der Waals surface area contributed by atoms with Gasteiger partial charge in [-0.3, -0.25) is 0 Å². The predicted molar refractivity (Wildman–Crippen MR) is 83.9 cm³/mol. The third-order valence-corrected chi connectivity index (χ3v) is 3.45. The third kappa shape index (κ3) is 6.27. The summed E-state index contributed by atoms with van der Waals surface area (Å²) in [6, 6.07) is 9.17. The molecule has 0 saturated carbocycles. The van der Waals surface area contributed by atoms with E-state index in [1.165, 1.54) is 0 Å². The summed E-state index contributed by atoms with van der Waals surface area (Å²) in [4.78, 5) is 12.1. The fourth-order valence-corrected chi connectivity index (χ4v) is 2.23. The smallest absolute Gasteiger partial charge is 0.327 e. The van der Waals surface area contributed by atoms with Crippen molar-refractivity contribution in [2.24, 2.45) is 5.41 Å². The van der Waals surface area contributed by atoms with Crippen LogP contribution in [0.15, 0.2) is 30.3 Å². The number of carbonyl (C=O) groups is 1. The lowest BCUT2D eigenvalue weighted by Crippen LogP contribution is -2.37. The van der Waals surface area contributed by atoms with Gasteiger partial charge in [0.25, 0.3) is 0 Å². The van der Waals surface area contributed by atoms with Gasteiger partial charge in [-0.05, 0) is 30.7 Å². The first-order valence-electron chi connectivity index (χ1n) is 7.56. The number of carbonyl (C=O) groups excluding carboxylic acids is 1. The van der Waals surface area contributed by atoms with Crippen molar-refractivity contribution in [3.05, 3.63) is 35.9 Å². The number of hydrogen-bond donors (Lipinski definition) is 2. The van der Waals surface area contributed by atoms with E-state index in [2.05, 4.69) is 19.2 Å². The Hall–Kier alpha value is -1.39. The quantitative estimate of drug-likeness (QED) is 0.687. The van der Waals surface area contributed by atoms with Crippen LogP contribution in [0.2, 0.25) is 0 Å². The van der Waals surface area contributed by atoms with Crippen LogP contribution in [-0.4, -0.2) is 30.8 Å². The Balaban J connectivity index is 2.72. The molecule has 0 aliphatic carbocycles. The SMILES string of the molecule is CCOC(=O)C(NCC(C)(C)CCCO)c1ccccc1. The van der Waals surface area contributed by atoms with E-state index in [-0.39, 0.29) is 18.0 Å². The van der Waals surface area contributed by atoms with Gasteiger partial charge in [-0.2, -0.15) is 0 Å². The van der Waals surface area contributed by atoms with Gasteiger partial charge in [-0.1, -0.05) is 44.2 Å². The van der Waals surface area contributed by atoms with Crippen LogP contribution in [0.3, 0.4) is 0 Å². The molecule has 0 fully saturated rings. The van der Waals surface area contributed by atoms with Gasteiger partial charge in [0.15, 0.2) is 0 Å². The summed E-state index contributed by atoms with van der Waals surface area (Å²) >= 11 is 0. The zero-order chi connectivity index (χ0) is 15.7. The largest absolute Gasteiger partial charge is 0.465 e. The van der Waals surface area contributed by atoms with Gasteiger partial charge in [0.05, 0.1) is 6.61 Å². The zero-order valence-corrected chi connectivity index (χ0v) is 13.3. The molecule has 0 saturated heterocycles. The lowest BCUT2D eigenvalue weighted by Gasteiger charge is -2.27. The van der Waals surface area contributed by atoms with Crippen molar-refractivity contribution >= 4 is 5.97 Å². The van der Waals surface area contributed by atoms with Gasteiger partial charge in [-0.25, -0.2) is 4.79 Å². The molecule has 0 bridgehead atoms. The number of benzene rings is 1. The molecule has 0 aliphatic rings. The Morgan fingerprint density at radius 2 is 2.00 bits per heavy atom. The molecule has 1 rings (SSSR count). The minimum absolute atomic E-state index is 0.0161. The zero-order valence-electron chi connectivity index (χ0n) is 13.3.